The fourth-order valence-corrected chi connectivity index (χ4v) is 8.94. The molecule has 48 heavy (non-hydrogen) atoms. The van der Waals surface area contributed by atoms with E-state index in [1.807, 2.05) is 0 Å². The summed E-state index contributed by atoms with van der Waals surface area (Å²) in [6.07, 6.45) is 1.77. The van der Waals surface area contributed by atoms with Gasteiger partial charge in [0, 0.05) is 30.6 Å². The van der Waals surface area contributed by atoms with Gasteiger partial charge in [-0.3, -0.25) is 29.2 Å². The van der Waals surface area contributed by atoms with Crippen LogP contribution < -0.4 is 10.5 Å². The highest BCUT2D eigenvalue weighted by Gasteiger charge is 2.68. The molecule has 4 aliphatic rings. The minimum Gasteiger partial charge on any atom is -0.733 e. The maximum atomic E-state index is 13.8. The molecule has 0 bridgehead atoms. The van der Waals surface area contributed by atoms with Crippen molar-refractivity contribution in [3.05, 3.63) is 46.7 Å². The Morgan fingerprint density at radius 1 is 1.10 bits per heavy atom. The lowest BCUT2D eigenvalue weighted by Crippen LogP contribution is -2.61. The van der Waals surface area contributed by atoms with Gasteiger partial charge in [-0.15, -0.1) is 0 Å². The highest BCUT2D eigenvalue weighted by molar-refractivity contribution is 5.95. The Hall–Kier alpha value is -3.98. The molecular formula is C34H41N2O12-. The fourth-order valence-electron chi connectivity index (χ4n) is 8.94. The number of Topliss-reactive ketones (excluding diaryl/α,β-unsaturated/α-hetero) is 2. The van der Waals surface area contributed by atoms with Crippen molar-refractivity contribution in [2.75, 3.05) is 11.8 Å². The largest absolute Gasteiger partial charge is 0.733 e. The molecule has 14 heteroatoms. The van der Waals surface area contributed by atoms with Crippen LogP contribution >= 0.6 is 0 Å². The molecule has 1 amide bonds. The van der Waals surface area contributed by atoms with Gasteiger partial charge in [0.2, 0.25) is 11.7 Å². The quantitative estimate of drug-likeness (QED) is 0.168. The maximum absolute atomic E-state index is 13.8. The third kappa shape index (κ3) is 6.17. The molecule has 5 N–H and O–H groups in total. The van der Waals surface area contributed by atoms with Crippen molar-refractivity contribution in [2.45, 2.75) is 89.4 Å². The molecule has 0 heterocycles. The van der Waals surface area contributed by atoms with Gasteiger partial charge in [0.05, 0.1) is 12.1 Å². The van der Waals surface area contributed by atoms with Crippen LogP contribution in [0.3, 0.4) is 0 Å². The number of rotatable bonds is 11. The molecule has 0 aromatic heterocycles. The van der Waals surface area contributed by atoms with Gasteiger partial charge in [0.25, 0.3) is 0 Å². The molecule has 0 radical (unpaired) electrons. The van der Waals surface area contributed by atoms with Crippen LogP contribution in [0.2, 0.25) is 0 Å². The number of amides is 1. The Kier molecular flexibility index (Phi) is 9.67. The average molecular weight is 670 g/mol. The summed E-state index contributed by atoms with van der Waals surface area (Å²) in [7, 11) is 0. The molecule has 0 unspecified atom stereocenters. The number of ketones is 3. The van der Waals surface area contributed by atoms with Crippen molar-refractivity contribution in [2.24, 2.45) is 28.6 Å². The average Bonchev–Trinajstić information content (AvgIpc) is 3.31. The molecule has 0 spiro atoms. The zero-order valence-electron chi connectivity index (χ0n) is 26.8. The summed E-state index contributed by atoms with van der Waals surface area (Å²) >= 11 is 0. The van der Waals surface area contributed by atoms with E-state index in [1.54, 1.807) is 13.0 Å². The van der Waals surface area contributed by atoms with Gasteiger partial charge < -0.3 is 35.8 Å². The third-order valence-corrected chi connectivity index (χ3v) is 11.5. The Balaban J connectivity index is 1.16. The van der Waals surface area contributed by atoms with E-state index >= 15 is 0 Å². The first-order chi connectivity index (χ1) is 22.5. The number of esters is 1. The standard InChI is InChI=1S/C34H41N2O12/c1-32-12-10-21(37)15-19(32)6-7-22-23-11-13-34(45,33(23,2)16-24(38)28(22)32)25(39)17-48-27(41)9-8-26(40)35-29(31(43)44)30(42)18-4-3-5-20(14-18)36(46)47/h3-5,14-15,22-23,28-30,42,45-46H,6-13,16-17H2,1-2H3,(H,35,40)(H,43,44)/q-1/t22-,23-,28-,29+,30-,32+,33-,34+/m1/s1. The van der Waals surface area contributed by atoms with Crippen molar-refractivity contribution in [3.63, 3.8) is 0 Å². The van der Waals surface area contributed by atoms with Crippen LogP contribution in [-0.4, -0.2) is 74.0 Å². The second kappa shape index (κ2) is 13.1. The molecular weight excluding hydrogens is 628 g/mol. The Morgan fingerprint density at radius 3 is 2.52 bits per heavy atom. The molecule has 14 nitrogen and oxygen atoms in total. The molecule has 3 saturated carbocycles. The molecule has 260 valence electrons. The number of hydrogen-bond acceptors (Lipinski definition) is 12. The number of aliphatic carboxylic acids is 1. The number of allylic oxidation sites excluding steroid dienone is 1. The van der Waals surface area contributed by atoms with E-state index in [4.69, 9.17) is 9.94 Å². The molecule has 0 saturated heterocycles. The van der Waals surface area contributed by atoms with E-state index in [1.165, 1.54) is 18.2 Å². The molecule has 1 aromatic carbocycles. The van der Waals surface area contributed by atoms with Gasteiger partial charge in [-0.25, -0.2) is 4.79 Å². The summed E-state index contributed by atoms with van der Waals surface area (Å²) in [5, 5.41) is 53.7. The Morgan fingerprint density at radius 2 is 1.83 bits per heavy atom. The molecule has 1 aromatic rings. The van der Waals surface area contributed by atoms with Gasteiger partial charge in [-0.2, -0.15) is 0 Å². The van der Waals surface area contributed by atoms with Gasteiger partial charge in [-0.05, 0) is 73.1 Å². The number of ether oxygens (including phenoxy) is 1. The minimum atomic E-state index is -1.91. The van der Waals surface area contributed by atoms with Gasteiger partial charge in [-0.1, -0.05) is 31.6 Å². The van der Waals surface area contributed by atoms with E-state index < -0.39 is 76.9 Å². The molecule has 8 atom stereocenters. The Bertz CT molecular complexity index is 1560. The maximum Gasteiger partial charge on any atom is 0.329 e. The summed E-state index contributed by atoms with van der Waals surface area (Å²) in [5.41, 5.74) is -2.73. The molecule has 3 fully saturated rings. The van der Waals surface area contributed by atoms with E-state index in [9.17, 15) is 49.3 Å². The van der Waals surface area contributed by atoms with Crippen LogP contribution in [0.5, 0.6) is 0 Å². The normalized spacial score (nSPS) is 32.1. The number of carbonyl (C=O) groups is 6. The SMILES string of the molecule is C[C@]12CCC(=O)C=C1CC[C@@H]1[C@H]3CC[C@](O)(C(=O)COC(=O)CCC(=O)N[C@H](C(=O)O)[C@H](O)c4cccc(N([O-])O)c4)[C@]3(C)CC(=O)[C@@H]12. The highest BCUT2D eigenvalue weighted by Crippen LogP contribution is 2.66. The zero-order chi connectivity index (χ0) is 35.2. The lowest BCUT2D eigenvalue weighted by molar-refractivity contribution is -0.173. The third-order valence-electron chi connectivity index (χ3n) is 11.5. The van der Waals surface area contributed by atoms with Crippen molar-refractivity contribution in [3.8, 4) is 0 Å². The number of aliphatic hydroxyl groups excluding tert-OH is 1. The number of nitrogens with one attached hydrogen (secondary N) is 1. The van der Waals surface area contributed by atoms with Crippen molar-refractivity contribution < 1.29 is 54.0 Å². The number of aliphatic hydroxyl groups is 2. The highest BCUT2D eigenvalue weighted by atomic mass is 16.8. The van der Waals surface area contributed by atoms with Crippen LogP contribution in [0.1, 0.15) is 83.3 Å². The number of nitrogens with zero attached hydrogens (tertiary/aromatic N) is 1. The summed E-state index contributed by atoms with van der Waals surface area (Å²) in [5.74, 6) is -4.63. The monoisotopic (exact) mass is 669 g/mol. The van der Waals surface area contributed by atoms with E-state index in [2.05, 4.69) is 12.2 Å². The number of carboxylic acid groups (broad SMARTS) is 1. The van der Waals surface area contributed by atoms with Gasteiger partial charge in [0.1, 0.15) is 17.5 Å². The smallest absolute Gasteiger partial charge is 0.329 e. The number of fused-ring (bicyclic) bond motifs is 5. The van der Waals surface area contributed by atoms with Crippen molar-refractivity contribution >= 4 is 40.9 Å². The Labute approximate surface area is 276 Å². The van der Waals surface area contributed by atoms with Crippen LogP contribution in [0.4, 0.5) is 5.69 Å². The summed E-state index contributed by atoms with van der Waals surface area (Å²) in [4.78, 5) is 76.1. The summed E-state index contributed by atoms with van der Waals surface area (Å²) < 4.78 is 5.12. The fraction of sp³-hybridized carbons (Fsp3) is 0.588. The van der Waals surface area contributed by atoms with Crippen LogP contribution in [-0.2, 0) is 33.5 Å². The number of anilines is 1. The van der Waals surface area contributed by atoms with E-state index in [0.29, 0.717) is 32.1 Å². The number of hydrogen-bond donors (Lipinski definition) is 5. The number of carboxylic acids is 1. The predicted octanol–water partition coefficient (Wildman–Crippen LogP) is 2.32. The minimum absolute atomic E-state index is 0.0119. The number of benzene rings is 1. The topological polar surface area (TPSA) is 231 Å². The lowest BCUT2D eigenvalue weighted by atomic mass is 9.46. The van der Waals surface area contributed by atoms with Crippen LogP contribution in [0, 0.1) is 33.8 Å². The van der Waals surface area contributed by atoms with Crippen molar-refractivity contribution in [1.29, 1.82) is 0 Å². The molecule has 5 rings (SSSR count). The first-order valence-electron chi connectivity index (χ1n) is 16.2. The zero-order valence-corrected chi connectivity index (χ0v) is 26.8. The first-order valence-corrected chi connectivity index (χ1v) is 16.2. The molecule has 4 aliphatic carbocycles. The number of carbonyl (C=O) groups excluding carboxylic acids is 5. The molecule has 0 aliphatic heterocycles. The summed E-state index contributed by atoms with van der Waals surface area (Å²) in [6, 6.07) is 2.98. The van der Waals surface area contributed by atoms with Crippen LogP contribution in [0.25, 0.3) is 0 Å². The second-order valence-corrected chi connectivity index (χ2v) is 14.1. The second-order valence-electron chi connectivity index (χ2n) is 14.1. The van der Waals surface area contributed by atoms with E-state index in [-0.39, 0.29) is 53.4 Å². The van der Waals surface area contributed by atoms with Crippen molar-refractivity contribution in [1.82, 2.24) is 5.32 Å². The summed E-state index contributed by atoms with van der Waals surface area (Å²) in [6.45, 7) is 3.03. The van der Waals surface area contributed by atoms with E-state index in [0.717, 1.165) is 11.6 Å². The van der Waals surface area contributed by atoms with Crippen LogP contribution in [0.15, 0.2) is 35.9 Å². The first kappa shape index (κ1) is 35.3. The van der Waals surface area contributed by atoms with Gasteiger partial charge >= 0.3 is 11.9 Å². The predicted molar refractivity (Wildman–Crippen MR) is 166 cm³/mol. The lowest BCUT2D eigenvalue weighted by Gasteiger charge is -2.57. The van der Waals surface area contributed by atoms with Gasteiger partial charge in [0.15, 0.2) is 18.4 Å².